The van der Waals surface area contributed by atoms with Gasteiger partial charge in [0, 0.05) is 25.4 Å². The highest BCUT2D eigenvalue weighted by Crippen LogP contribution is 2.08. The van der Waals surface area contributed by atoms with Crippen molar-refractivity contribution in [3.63, 3.8) is 0 Å². The molecule has 0 saturated heterocycles. The van der Waals surface area contributed by atoms with Gasteiger partial charge in [-0.1, -0.05) is 13.0 Å². The molecule has 114 valence electrons. The number of ether oxygens (including phenoxy) is 1. The third kappa shape index (κ3) is 7.52. The van der Waals surface area contributed by atoms with Crippen molar-refractivity contribution >= 4 is 29.9 Å². The Morgan fingerprint density at radius 3 is 2.40 bits per heavy atom. The number of nitrogens with zero attached hydrogens (tertiary/aromatic N) is 2. The smallest absolute Gasteiger partial charge is 0.213 e. The van der Waals surface area contributed by atoms with Crippen molar-refractivity contribution in [3.05, 3.63) is 23.9 Å². The van der Waals surface area contributed by atoms with Crippen LogP contribution >= 0.6 is 24.0 Å². The van der Waals surface area contributed by atoms with E-state index in [9.17, 15) is 0 Å². The van der Waals surface area contributed by atoms with Gasteiger partial charge >= 0.3 is 0 Å². The molecule has 6 heteroatoms. The van der Waals surface area contributed by atoms with Gasteiger partial charge in [-0.25, -0.2) is 9.98 Å². The summed E-state index contributed by atoms with van der Waals surface area (Å²) < 4.78 is 5.44. The molecule has 5 nitrogen and oxygen atoms in total. The molecule has 0 amide bonds. The van der Waals surface area contributed by atoms with Crippen LogP contribution in [0.5, 0.6) is 5.88 Å². The highest BCUT2D eigenvalue weighted by atomic mass is 127. The molecule has 0 unspecified atom stereocenters. The minimum absolute atomic E-state index is 0. The van der Waals surface area contributed by atoms with Crippen molar-refractivity contribution in [1.82, 2.24) is 15.6 Å². The Bertz CT molecular complexity index is 373. The standard InChI is InChI=1S/C14H24N4O.HI/c1-4-9-19-13-8-7-12(10-17-13)11-18-14(15-5-2)16-6-3;/h7-8,10H,4-6,9,11H2,1-3H3,(H2,15,16,18);1H. The third-order valence-electron chi connectivity index (χ3n) is 2.36. The molecule has 2 N–H and O–H groups in total. The fraction of sp³-hybridized carbons (Fsp3) is 0.571. The van der Waals surface area contributed by atoms with Gasteiger partial charge in [0.2, 0.25) is 5.88 Å². The zero-order valence-corrected chi connectivity index (χ0v) is 14.8. The number of pyridine rings is 1. The van der Waals surface area contributed by atoms with Gasteiger partial charge in [-0.15, -0.1) is 24.0 Å². The van der Waals surface area contributed by atoms with E-state index < -0.39 is 0 Å². The lowest BCUT2D eigenvalue weighted by Crippen LogP contribution is -2.36. The number of aromatic nitrogens is 1. The van der Waals surface area contributed by atoms with Gasteiger partial charge in [-0.05, 0) is 25.8 Å². The van der Waals surface area contributed by atoms with E-state index >= 15 is 0 Å². The first-order valence-corrected chi connectivity index (χ1v) is 6.90. The van der Waals surface area contributed by atoms with E-state index in [1.54, 1.807) is 0 Å². The van der Waals surface area contributed by atoms with Gasteiger partial charge in [-0.3, -0.25) is 0 Å². The van der Waals surface area contributed by atoms with E-state index in [1.807, 2.05) is 32.2 Å². The first-order chi connectivity index (χ1) is 9.30. The van der Waals surface area contributed by atoms with Crippen LogP contribution in [-0.2, 0) is 6.54 Å². The number of guanidine groups is 1. The van der Waals surface area contributed by atoms with Crippen LogP contribution in [0.3, 0.4) is 0 Å². The quantitative estimate of drug-likeness (QED) is 0.426. The van der Waals surface area contributed by atoms with Crippen LogP contribution in [0, 0.1) is 0 Å². The highest BCUT2D eigenvalue weighted by molar-refractivity contribution is 14.0. The first-order valence-electron chi connectivity index (χ1n) is 6.90. The molecular formula is C14H25IN4O. The molecule has 0 aromatic carbocycles. The molecule has 1 aromatic rings. The summed E-state index contributed by atoms with van der Waals surface area (Å²) in [5.41, 5.74) is 1.07. The van der Waals surface area contributed by atoms with E-state index in [2.05, 4.69) is 27.5 Å². The van der Waals surface area contributed by atoms with E-state index in [0.29, 0.717) is 19.0 Å². The van der Waals surface area contributed by atoms with Crippen molar-refractivity contribution in [2.45, 2.75) is 33.7 Å². The number of halogens is 1. The van der Waals surface area contributed by atoms with E-state index in [4.69, 9.17) is 4.74 Å². The van der Waals surface area contributed by atoms with E-state index in [-0.39, 0.29) is 24.0 Å². The summed E-state index contributed by atoms with van der Waals surface area (Å²) in [6.07, 6.45) is 2.80. The zero-order valence-electron chi connectivity index (χ0n) is 12.5. The number of aliphatic imine (C=N–C) groups is 1. The Kier molecular flexibility index (Phi) is 11.1. The SMILES string of the molecule is CCCOc1ccc(CN=C(NCC)NCC)cn1.I. The summed E-state index contributed by atoms with van der Waals surface area (Å²) in [6, 6.07) is 3.89. The van der Waals surface area contributed by atoms with Gasteiger partial charge in [-0.2, -0.15) is 0 Å². The predicted octanol–water partition coefficient (Wildman–Crippen LogP) is 2.56. The lowest BCUT2D eigenvalue weighted by Gasteiger charge is -2.09. The molecule has 1 heterocycles. The van der Waals surface area contributed by atoms with Crippen molar-refractivity contribution in [3.8, 4) is 5.88 Å². The highest BCUT2D eigenvalue weighted by Gasteiger charge is 1.98. The Hall–Kier alpha value is -1.05. The molecule has 0 spiro atoms. The van der Waals surface area contributed by atoms with Crippen molar-refractivity contribution in [2.24, 2.45) is 4.99 Å². The molecule has 1 rings (SSSR count). The van der Waals surface area contributed by atoms with Crippen LogP contribution in [-0.4, -0.2) is 30.6 Å². The molecule has 0 aliphatic heterocycles. The van der Waals surface area contributed by atoms with Crippen LogP contribution in [0.2, 0.25) is 0 Å². The lowest BCUT2D eigenvalue weighted by molar-refractivity contribution is 0.305. The van der Waals surface area contributed by atoms with Crippen molar-refractivity contribution < 1.29 is 4.74 Å². The Morgan fingerprint density at radius 1 is 1.20 bits per heavy atom. The molecule has 0 radical (unpaired) electrons. The normalized spacial score (nSPS) is 9.35. The number of hydrogen-bond donors (Lipinski definition) is 2. The summed E-state index contributed by atoms with van der Waals surface area (Å²) >= 11 is 0. The molecule has 1 aromatic heterocycles. The second kappa shape index (κ2) is 11.7. The van der Waals surface area contributed by atoms with Crippen molar-refractivity contribution in [1.29, 1.82) is 0 Å². The van der Waals surface area contributed by atoms with E-state index in [0.717, 1.165) is 31.0 Å². The minimum atomic E-state index is 0. The molecule has 0 aliphatic carbocycles. The largest absolute Gasteiger partial charge is 0.478 e. The maximum Gasteiger partial charge on any atom is 0.213 e. The molecule has 0 saturated carbocycles. The van der Waals surface area contributed by atoms with Crippen LogP contribution in [0.25, 0.3) is 0 Å². The van der Waals surface area contributed by atoms with Crippen LogP contribution < -0.4 is 15.4 Å². The second-order valence-corrected chi connectivity index (χ2v) is 4.08. The van der Waals surface area contributed by atoms with Crippen LogP contribution in [0.1, 0.15) is 32.8 Å². The molecule has 20 heavy (non-hydrogen) atoms. The van der Waals surface area contributed by atoms with Crippen molar-refractivity contribution in [2.75, 3.05) is 19.7 Å². The maximum absolute atomic E-state index is 5.44. The molecule has 0 fully saturated rings. The Labute approximate surface area is 138 Å². The summed E-state index contributed by atoms with van der Waals surface area (Å²) in [5.74, 6) is 1.50. The van der Waals surface area contributed by atoms with Gasteiger partial charge in [0.1, 0.15) is 0 Å². The minimum Gasteiger partial charge on any atom is -0.478 e. The molecule has 0 aliphatic rings. The molecule has 0 atom stereocenters. The fourth-order valence-electron chi connectivity index (χ4n) is 1.48. The van der Waals surface area contributed by atoms with Gasteiger partial charge < -0.3 is 15.4 Å². The summed E-state index contributed by atoms with van der Waals surface area (Å²) in [5, 5.41) is 6.37. The molecular weight excluding hydrogens is 367 g/mol. The maximum atomic E-state index is 5.44. The number of hydrogen-bond acceptors (Lipinski definition) is 3. The fourth-order valence-corrected chi connectivity index (χ4v) is 1.48. The lowest BCUT2D eigenvalue weighted by atomic mass is 10.3. The van der Waals surface area contributed by atoms with Gasteiger partial charge in [0.05, 0.1) is 13.2 Å². The first kappa shape index (κ1) is 18.9. The number of rotatable bonds is 7. The number of nitrogens with one attached hydrogen (secondary N) is 2. The average Bonchev–Trinajstić information content (AvgIpc) is 2.44. The van der Waals surface area contributed by atoms with E-state index in [1.165, 1.54) is 0 Å². The average molecular weight is 392 g/mol. The van der Waals surface area contributed by atoms with Crippen LogP contribution in [0.4, 0.5) is 0 Å². The molecule has 0 bridgehead atoms. The Balaban J connectivity index is 0.00000361. The second-order valence-electron chi connectivity index (χ2n) is 4.08. The summed E-state index contributed by atoms with van der Waals surface area (Å²) in [6.45, 7) is 9.20. The topological polar surface area (TPSA) is 58.5 Å². The predicted molar refractivity (Wildman–Crippen MR) is 93.9 cm³/mol. The monoisotopic (exact) mass is 392 g/mol. The summed E-state index contributed by atoms with van der Waals surface area (Å²) in [7, 11) is 0. The summed E-state index contributed by atoms with van der Waals surface area (Å²) in [4.78, 5) is 8.73. The Morgan fingerprint density at radius 2 is 1.90 bits per heavy atom. The zero-order chi connectivity index (χ0) is 13.9. The third-order valence-corrected chi connectivity index (χ3v) is 2.36. The van der Waals surface area contributed by atoms with Gasteiger partial charge in [0.15, 0.2) is 5.96 Å². The van der Waals surface area contributed by atoms with Crippen LogP contribution in [0.15, 0.2) is 23.3 Å². The van der Waals surface area contributed by atoms with Gasteiger partial charge in [0.25, 0.3) is 0 Å².